The van der Waals surface area contributed by atoms with E-state index >= 15 is 0 Å². The first-order valence-electron chi connectivity index (χ1n) is 5.07. The highest BCUT2D eigenvalue weighted by molar-refractivity contribution is 8.17. The summed E-state index contributed by atoms with van der Waals surface area (Å²) in [4.78, 5) is 11.9. The molecule has 16 heavy (non-hydrogen) atoms. The summed E-state index contributed by atoms with van der Waals surface area (Å²) in [6, 6.07) is 7.92. The lowest BCUT2D eigenvalue weighted by molar-refractivity contribution is -0.0000109. The molecule has 1 unspecified atom stereocenters. The zero-order valence-corrected chi connectivity index (χ0v) is 12.5. The van der Waals surface area contributed by atoms with Crippen LogP contribution in [0.5, 0.6) is 0 Å². The molecule has 1 fully saturated rings. The van der Waals surface area contributed by atoms with Gasteiger partial charge < -0.3 is 17.0 Å². The predicted molar refractivity (Wildman–Crippen MR) is 69.9 cm³/mol. The molecule has 0 bridgehead atoms. The molecule has 1 aliphatic heterocycles. The summed E-state index contributed by atoms with van der Waals surface area (Å²) in [6.45, 7) is 2.05. The molecule has 0 saturated carbocycles. The number of ketones is 1. The topological polar surface area (TPSA) is 17.1 Å². The van der Waals surface area contributed by atoms with E-state index in [1.807, 2.05) is 43.0 Å². The number of hydrogen-bond donors (Lipinski definition) is 0. The van der Waals surface area contributed by atoms with Crippen LogP contribution >= 0.6 is 11.8 Å². The summed E-state index contributed by atoms with van der Waals surface area (Å²) >= 11 is 1.98. The van der Waals surface area contributed by atoms with E-state index in [0.29, 0.717) is 16.7 Å². The Morgan fingerprint density at radius 1 is 1.38 bits per heavy atom. The van der Waals surface area contributed by atoms with Gasteiger partial charge in [0.25, 0.3) is 0 Å². The number of thioether (sulfide) groups is 1. The van der Waals surface area contributed by atoms with Crippen molar-refractivity contribution < 1.29 is 21.8 Å². The molecule has 0 spiro atoms. The van der Waals surface area contributed by atoms with Gasteiger partial charge in [0, 0.05) is 22.2 Å². The van der Waals surface area contributed by atoms with Crippen molar-refractivity contribution in [2.75, 3.05) is 22.3 Å². The summed E-state index contributed by atoms with van der Waals surface area (Å²) in [7, 11) is 0.350. The highest BCUT2D eigenvalue weighted by Crippen LogP contribution is 2.19. The van der Waals surface area contributed by atoms with Crippen LogP contribution < -0.4 is 17.0 Å². The van der Waals surface area contributed by atoms with Gasteiger partial charge in [0.05, 0.1) is 0 Å². The van der Waals surface area contributed by atoms with Crippen molar-refractivity contribution in [2.24, 2.45) is 0 Å². The monoisotopic (exact) mass is 318 g/mol. The zero-order chi connectivity index (χ0) is 10.7. The Morgan fingerprint density at radius 3 is 2.62 bits per heavy atom. The Balaban J connectivity index is 0.00000128. The summed E-state index contributed by atoms with van der Waals surface area (Å²) in [5.74, 6) is 3.56. The second kappa shape index (κ2) is 6.72. The fourth-order valence-electron chi connectivity index (χ4n) is 1.53. The van der Waals surface area contributed by atoms with Gasteiger partial charge in [-0.3, -0.25) is 4.79 Å². The molecular weight excluding hydrogens is 304 g/mol. The first kappa shape index (κ1) is 14.1. The number of aryl methyl sites for hydroxylation is 1. The average molecular weight is 319 g/mol. The maximum absolute atomic E-state index is 11.9. The van der Waals surface area contributed by atoms with E-state index in [4.69, 9.17) is 0 Å². The van der Waals surface area contributed by atoms with Crippen LogP contribution in [0.15, 0.2) is 24.3 Å². The first-order chi connectivity index (χ1) is 7.25. The minimum atomic E-state index is 0. The maximum Gasteiger partial charge on any atom is 0.211 e. The van der Waals surface area contributed by atoms with Gasteiger partial charge in [-0.05, 0) is 6.92 Å². The predicted octanol–water partition coefficient (Wildman–Crippen LogP) is -0.496. The molecule has 1 heterocycles. The smallest absolute Gasteiger partial charge is 0.211 e. The Hall–Kier alpha value is 0.0700. The van der Waals surface area contributed by atoms with Crippen molar-refractivity contribution in [3.05, 3.63) is 35.4 Å². The Kier molecular flexibility index (Phi) is 5.94. The molecule has 0 aromatic heterocycles. The van der Waals surface area contributed by atoms with Crippen LogP contribution in [0, 0.1) is 6.92 Å². The second-order valence-corrected chi connectivity index (χ2v) is 7.46. The molecule has 1 aromatic rings. The summed E-state index contributed by atoms with van der Waals surface area (Å²) in [5, 5.41) is 1.19. The molecule has 0 N–H and O–H groups in total. The minimum absolute atomic E-state index is 0. The van der Waals surface area contributed by atoms with Crippen molar-refractivity contribution >= 4 is 28.4 Å². The minimum Gasteiger partial charge on any atom is -1.00 e. The largest absolute Gasteiger partial charge is 1.00 e. The van der Waals surface area contributed by atoms with Crippen LogP contribution in [0.3, 0.4) is 0 Å². The second-order valence-electron chi connectivity index (χ2n) is 3.78. The van der Waals surface area contributed by atoms with Gasteiger partial charge in [0.2, 0.25) is 5.78 Å². The number of benzene rings is 1. The van der Waals surface area contributed by atoms with Crippen molar-refractivity contribution in [1.82, 2.24) is 0 Å². The molecule has 0 amide bonds. The molecule has 1 atom stereocenters. The zero-order valence-electron chi connectivity index (χ0n) is 9.24. The van der Waals surface area contributed by atoms with E-state index in [-0.39, 0.29) is 17.0 Å². The molecule has 2 rings (SSSR count). The van der Waals surface area contributed by atoms with Gasteiger partial charge in [-0.15, -0.1) is 11.8 Å². The molecule has 1 nitrogen and oxygen atoms in total. The number of carbonyl (C=O) groups excluding carboxylic acids is 1. The number of hydrogen-bond acceptors (Lipinski definition) is 2. The van der Waals surface area contributed by atoms with E-state index < -0.39 is 0 Å². The maximum atomic E-state index is 11.9. The van der Waals surface area contributed by atoms with Crippen molar-refractivity contribution in [2.45, 2.75) is 6.92 Å². The van der Waals surface area contributed by atoms with Crippen LogP contribution in [0.4, 0.5) is 0 Å². The number of carbonyl (C=O) groups is 1. The van der Waals surface area contributed by atoms with Crippen LogP contribution in [0.25, 0.3) is 0 Å². The number of halogens is 1. The quantitative estimate of drug-likeness (QED) is 0.552. The van der Waals surface area contributed by atoms with Crippen molar-refractivity contribution in [1.29, 1.82) is 0 Å². The number of rotatable bonds is 3. The van der Waals surface area contributed by atoms with Gasteiger partial charge in [-0.2, -0.15) is 0 Å². The summed E-state index contributed by atoms with van der Waals surface area (Å²) in [6.07, 6.45) is 0. The molecule has 0 aliphatic carbocycles. The Labute approximate surface area is 115 Å². The normalized spacial score (nSPS) is 19.2. The Bertz CT molecular complexity index is 345. The highest BCUT2D eigenvalue weighted by atomic mass is 79.9. The molecule has 1 aromatic carbocycles. The summed E-state index contributed by atoms with van der Waals surface area (Å²) < 4.78 is 0. The SMILES string of the molecule is Cc1ccc(C(=O)C[S+]2CCSC2)cc1.[Br-]. The van der Waals surface area contributed by atoms with E-state index in [0.717, 1.165) is 11.3 Å². The van der Waals surface area contributed by atoms with Crippen LogP contribution in [-0.4, -0.2) is 28.1 Å². The van der Waals surface area contributed by atoms with Gasteiger partial charge in [0.1, 0.15) is 5.75 Å². The third-order valence-corrected chi connectivity index (χ3v) is 6.68. The molecule has 1 saturated heterocycles. The lowest BCUT2D eigenvalue weighted by Gasteiger charge is -2.00. The lowest BCUT2D eigenvalue weighted by Crippen LogP contribution is -3.00. The average Bonchev–Trinajstić information content (AvgIpc) is 2.71. The van der Waals surface area contributed by atoms with Crippen molar-refractivity contribution in [3.63, 3.8) is 0 Å². The Morgan fingerprint density at radius 2 is 2.06 bits per heavy atom. The molecule has 88 valence electrons. The standard InChI is InChI=1S/C12H15OS2.BrH/c1-10-2-4-11(5-3-10)12(13)8-15-7-6-14-9-15;/h2-5H,6-9H2,1H3;1H/q+1;/p-1. The fraction of sp³-hybridized carbons (Fsp3) is 0.417. The van der Waals surface area contributed by atoms with Gasteiger partial charge in [-0.1, -0.05) is 29.8 Å². The molecule has 1 aliphatic rings. The van der Waals surface area contributed by atoms with E-state index in [1.54, 1.807) is 0 Å². The van der Waals surface area contributed by atoms with Crippen LogP contribution in [0.2, 0.25) is 0 Å². The number of Topliss-reactive ketones (excluding diaryl/α,β-unsaturated/α-hetero) is 1. The third-order valence-electron chi connectivity index (χ3n) is 2.48. The van der Waals surface area contributed by atoms with E-state index in [1.165, 1.54) is 22.2 Å². The van der Waals surface area contributed by atoms with E-state index in [9.17, 15) is 4.79 Å². The van der Waals surface area contributed by atoms with Crippen LogP contribution in [-0.2, 0) is 10.9 Å². The van der Waals surface area contributed by atoms with Gasteiger partial charge in [-0.25, -0.2) is 0 Å². The third kappa shape index (κ3) is 3.82. The first-order valence-corrected chi connectivity index (χ1v) is 7.96. The molecular formula is C12H15BrOS2. The fourth-order valence-corrected chi connectivity index (χ4v) is 5.85. The van der Waals surface area contributed by atoms with Gasteiger partial charge >= 0.3 is 0 Å². The van der Waals surface area contributed by atoms with Crippen molar-refractivity contribution in [3.8, 4) is 0 Å². The lowest BCUT2D eigenvalue weighted by atomic mass is 10.1. The van der Waals surface area contributed by atoms with Gasteiger partial charge in [0.15, 0.2) is 10.8 Å². The van der Waals surface area contributed by atoms with E-state index in [2.05, 4.69) is 0 Å². The van der Waals surface area contributed by atoms with Crippen LogP contribution in [0.1, 0.15) is 15.9 Å². The highest BCUT2D eigenvalue weighted by Gasteiger charge is 2.27. The molecule has 4 heteroatoms. The molecule has 0 radical (unpaired) electrons. The summed E-state index contributed by atoms with van der Waals surface area (Å²) in [5.41, 5.74) is 2.09.